The van der Waals surface area contributed by atoms with E-state index in [0.717, 1.165) is 33.3 Å². The Balaban J connectivity index is 1.65. The molecule has 2 rings (SSSR count). The van der Waals surface area contributed by atoms with E-state index < -0.39 is 0 Å². The lowest BCUT2D eigenvalue weighted by Crippen LogP contribution is -2.38. The second-order valence-corrected chi connectivity index (χ2v) is 8.53. The fourth-order valence-electron chi connectivity index (χ4n) is 2.97. The third-order valence-electron chi connectivity index (χ3n) is 4.46. The van der Waals surface area contributed by atoms with Gasteiger partial charge in [0.1, 0.15) is 0 Å². The molecule has 1 fully saturated rings. The van der Waals surface area contributed by atoms with Crippen LogP contribution in [0.4, 0.5) is 0 Å². The van der Waals surface area contributed by atoms with Crippen LogP contribution in [0.1, 0.15) is 49.7 Å². The molecule has 1 aromatic carbocycles. The summed E-state index contributed by atoms with van der Waals surface area (Å²) >= 11 is 5.05. The maximum Gasteiger partial charge on any atom is 0.230 e. The van der Waals surface area contributed by atoms with Crippen molar-refractivity contribution in [3.05, 3.63) is 27.7 Å². The highest BCUT2D eigenvalue weighted by Crippen LogP contribution is 2.28. The Kier molecular flexibility index (Phi) is 8.30. The van der Waals surface area contributed by atoms with Gasteiger partial charge in [-0.05, 0) is 49.9 Å². The summed E-state index contributed by atoms with van der Waals surface area (Å²) in [6.45, 7) is 4.48. The molecule has 0 radical (unpaired) electrons. The third kappa shape index (κ3) is 7.02. The molecule has 0 bridgehead atoms. The van der Waals surface area contributed by atoms with Crippen LogP contribution in [0.3, 0.4) is 0 Å². The van der Waals surface area contributed by atoms with E-state index in [4.69, 9.17) is 0 Å². The summed E-state index contributed by atoms with van der Waals surface area (Å²) in [5, 5.41) is 5.91. The summed E-state index contributed by atoms with van der Waals surface area (Å²) in [5.74, 6) is 0.376. The highest BCUT2D eigenvalue weighted by Gasteiger charge is 2.15. The van der Waals surface area contributed by atoms with Crippen molar-refractivity contribution in [3.8, 4) is 0 Å². The number of thioether (sulfide) groups is 1. The van der Waals surface area contributed by atoms with E-state index in [2.05, 4.69) is 38.7 Å². The molecule has 138 valence electrons. The minimum Gasteiger partial charge on any atom is -0.355 e. The number of halogens is 1. The molecule has 0 atom stereocenters. The smallest absolute Gasteiger partial charge is 0.230 e. The van der Waals surface area contributed by atoms with Crippen LogP contribution in [0.15, 0.2) is 21.5 Å². The highest BCUT2D eigenvalue weighted by molar-refractivity contribution is 9.10. The highest BCUT2D eigenvalue weighted by atomic mass is 79.9. The predicted molar refractivity (Wildman–Crippen MR) is 107 cm³/mol. The van der Waals surface area contributed by atoms with Crippen LogP contribution in [-0.2, 0) is 9.59 Å². The van der Waals surface area contributed by atoms with Gasteiger partial charge in [0.2, 0.25) is 11.8 Å². The first-order chi connectivity index (χ1) is 12.0. The number of carbonyl (C=O) groups excluding carboxylic acids is 2. The fourth-order valence-corrected chi connectivity index (χ4v) is 4.36. The van der Waals surface area contributed by atoms with E-state index in [-0.39, 0.29) is 11.8 Å². The predicted octanol–water partition coefficient (Wildman–Crippen LogP) is 4.11. The minimum absolute atomic E-state index is 0.0320. The number of rotatable bonds is 7. The van der Waals surface area contributed by atoms with Crippen LogP contribution in [-0.4, -0.2) is 30.2 Å². The molecule has 4 nitrogen and oxygen atoms in total. The van der Waals surface area contributed by atoms with Gasteiger partial charge in [-0.3, -0.25) is 9.59 Å². The molecule has 2 N–H and O–H groups in total. The van der Waals surface area contributed by atoms with Crippen LogP contribution in [0.2, 0.25) is 0 Å². The zero-order valence-corrected chi connectivity index (χ0v) is 17.4. The van der Waals surface area contributed by atoms with Crippen molar-refractivity contribution >= 4 is 39.5 Å². The number of hydrogen-bond donors (Lipinski definition) is 2. The lowest BCUT2D eigenvalue weighted by atomic mass is 9.95. The Morgan fingerprint density at radius 2 is 1.84 bits per heavy atom. The van der Waals surface area contributed by atoms with E-state index >= 15 is 0 Å². The largest absolute Gasteiger partial charge is 0.355 e. The van der Waals surface area contributed by atoms with Gasteiger partial charge in [-0.1, -0.05) is 35.2 Å². The van der Waals surface area contributed by atoms with Gasteiger partial charge in [-0.2, -0.15) is 0 Å². The van der Waals surface area contributed by atoms with Crippen molar-refractivity contribution in [1.29, 1.82) is 0 Å². The van der Waals surface area contributed by atoms with Crippen LogP contribution in [0, 0.1) is 13.8 Å². The number of carbonyl (C=O) groups is 2. The van der Waals surface area contributed by atoms with Gasteiger partial charge < -0.3 is 10.6 Å². The van der Waals surface area contributed by atoms with Crippen LogP contribution in [0.5, 0.6) is 0 Å². The molecule has 0 spiro atoms. The van der Waals surface area contributed by atoms with Crippen molar-refractivity contribution in [1.82, 2.24) is 10.6 Å². The molecule has 1 saturated carbocycles. The van der Waals surface area contributed by atoms with E-state index in [9.17, 15) is 9.59 Å². The minimum atomic E-state index is -0.0320. The monoisotopic (exact) mass is 426 g/mol. The van der Waals surface area contributed by atoms with Gasteiger partial charge in [0.15, 0.2) is 0 Å². The summed E-state index contributed by atoms with van der Waals surface area (Å²) in [6.07, 6.45) is 6.20. The summed E-state index contributed by atoms with van der Waals surface area (Å²) in [4.78, 5) is 25.0. The zero-order valence-electron chi connectivity index (χ0n) is 15.0. The first-order valence-electron chi connectivity index (χ1n) is 8.91. The van der Waals surface area contributed by atoms with E-state index in [1.165, 1.54) is 31.0 Å². The van der Waals surface area contributed by atoms with E-state index in [1.807, 2.05) is 13.8 Å². The molecule has 1 aliphatic carbocycles. The van der Waals surface area contributed by atoms with Crippen LogP contribution < -0.4 is 10.6 Å². The number of benzene rings is 1. The normalized spacial score (nSPS) is 15.0. The number of hydrogen-bond acceptors (Lipinski definition) is 3. The lowest BCUT2D eigenvalue weighted by Gasteiger charge is -2.22. The molecule has 1 aromatic rings. The Bertz CT molecular complexity index is 616. The van der Waals surface area contributed by atoms with Gasteiger partial charge in [0.25, 0.3) is 0 Å². The zero-order chi connectivity index (χ0) is 18.2. The maximum atomic E-state index is 12.0. The molecule has 0 aromatic heterocycles. The van der Waals surface area contributed by atoms with E-state index in [1.54, 1.807) is 0 Å². The molecule has 6 heteroatoms. The van der Waals surface area contributed by atoms with Gasteiger partial charge in [-0.15, -0.1) is 11.8 Å². The molecular weight excluding hydrogens is 400 g/mol. The summed E-state index contributed by atoms with van der Waals surface area (Å²) < 4.78 is 1.09. The second-order valence-electron chi connectivity index (χ2n) is 6.66. The first-order valence-corrected chi connectivity index (χ1v) is 10.7. The van der Waals surface area contributed by atoms with Crippen molar-refractivity contribution in [3.63, 3.8) is 0 Å². The molecule has 25 heavy (non-hydrogen) atoms. The summed E-state index contributed by atoms with van der Waals surface area (Å²) in [6, 6.07) is 4.50. The Morgan fingerprint density at radius 3 is 2.56 bits per heavy atom. The number of nitrogens with one attached hydrogen (secondary N) is 2. The average Bonchev–Trinajstić information content (AvgIpc) is 2.58. The van der Waals surface area contributed by atoms with Crippen molar-refractivity contribution in [2.45, 2.75) is 63.3 Å². The quantitative estimate of drug-likeness (QED) is 0.644. The lowest BCUT2D eigenvalue weighted by molar-refractivity contribution is -0.122. The molecule has 0 saturated heterocycles. The van der Waals surface area contributed by atoms with Crippen molar-refractivity contribution < 1.29 is 9.59 Å². The number of amides is 2. The van der Waals surface area contributed by atoms with Crippen molar-refractivity contribution in [2.24, 2.45) is 0 Å². The van der Waals surface area contributed by atoms with Crippen LogP contribution in [0.25, 0.3) is 0 Å². The Hall–Kier alpha value is -1.01. The Labute approximate surface area is 163 Å². The summed E-state index contributed by atoms with van der Waals surface area (Å²) in [7, 11) is 0. The fraction of sp³-hybridized carbons (Fsp3) is 0.579. The van der Waals surface area contributed by atoms with Gasteiger partial charge in [0.05, 0.1) is 5.75 Å². The second kappa shape index (κ2) is 10.2. The molecular formula is C19H27BrN2O2S. The topological polar surface area (TPSA) is 58.2 Å². The summed E-state index contributed by atoms with van der Waals surface area (Å²) in [5.41, 5.74) is 2.31. The van der Waals surface area contributed by atoms with Crippen molar-refractivity contribution in [2.75, 3.05) is 12.3 Å². The molecule has 0 aliphatic heterocycles. The van der Waals surface area contributed by atoms with E-state index in [0.29, 0.717) is 24.8 Å². The molecule has 0 unspecified atom stereocenters. The average molecular weight is 427 g/mol. The maximum absolute atomic E-state index is 12.0. The Morgan fingerprint density at radius 1 is 1.12 bits per heavy atom. The molecule has 2 amide bonds. The van der Waals surface area contributed by atoms with Crippen LogP contribution >= 0.6 is 27.7 Å². The SMILES string of the molecule is Cc1cc(SCC(=O)NCCC(=O)NC2CCCCC2)c(C)cc1Br. The first kappa shape index (κ1) is 20.3. The van der Waals surface area contributed by atoms with Gasteiger partial charge in [0, 0.05) is 28.4 Å². The third-order valence-corrected chi connectivity index (χ3v) is 6.47. The number of aryl methyl sites for hydroxylation is 2. The standard InChI is InChI=1S/C19H27BrN2O2S/c1-13-11-17(14(2)10-16(13)20)25-12-19(24)21-9-8-18(23)22-15-6-4-3-5-7-15/h10-11,15H,3-9,12H2,1-2H3,(H,21,24)(H,22,23). The molecule has 1 aliphatic rings. The van der Waals surface area contributed by atoms with Gasteiger partial charge in [-0.25, -0.2) is 0 Å². The molecule has 0 heterocycles. The van der Waals surface area contributed by atoms with Gasteiger partial charge >= 0.3 is 0 Å².